The third-order valence-electron chi connectivity index (χ3n) is 14.5. The van der Waals surface area contributed by atoms with Crippen LogP contribution in [0, 0.1) is 26.7 Å². The van der Waals surface area contributed by atoms with Gasteiger partial charge < -0.3 is 19.3 Å². The highest BCUT2D eigenvalue weighted by Crippen LogP contribution is 2.47. The first-order valence-corrected chi connectivity index (χ1v) is 23.9. The molecule has 2 fully saturated rings. The number of aromatic nitrogens is 4. The van der Waals surface area contributed by atoms with Crippen LogP contribution in [-0.2, 0) is 12.8 Å². The summed E-state index contributed by atoms with van der Waals surface area (Å²) in [4.78, 5) is 19.0. The SMILES string of the molecule is Cc1sc2c(c1C)C(c1ccc(N3CCC(CN4CCN(c5ccc([C@H]6c7ccc(O)cc7CC[C@H]6c6ccccc6)cc5)CC4)CC3)cc1)=N[C@H](Cc1ncco1)c1nnc(C)n1-2. The second-order valence-corrected chi connectivity index (χ2v) is 19.5. The van der Waals surface area contributed by atoms with E-state index in [9.17, 15) is 5.11 Å². The zero-order valence-electron chi connectivity index (χ0n) is 37.0. The van der Waals surface area contributed by atoms with Gasteiger partial charge >= 0.3 is 0 Å². The Labute approximate surface area is 379 Å². The van der Waals surface area contributed by atoms with Crippen molar-refractivity contribution in [1.29, 1.82) is 0 Å². The Morgan fingerprint density at radius 3 is 2.23 bits per heavy atom. The fraction of sp³-hybridized carbons (Fsp3) is 0.358. The number of fused-ring (bicyclic) bond motifs is 4. The predicted molar refractivity (Wildman–Crippen MR) is 256 cm³/mol. The lowest BCUT2D eigenvalue weighted by atomic mass is 9.69. The number of hydrogen-bond donors (Lipinski definition) is 1. The molecule has 10 nitrogen and oxygen atoms in total. The van der Waals surface area contributed by atoms with Crippen LogP contribution in [0.4, 0.5) is 11.4 Å². The molecule has 326 valence electrons. The van der Waals surface area contributed by atoms with Crippen LogP contribution >= 0.6 is 11.3 Å². The highest BCUT2D eigenvalue weighted by Gasteiger charge is 2.34. The number of phenolic OH excluding ortho intramolecular Hbond substituents is 1. The first-order chi connectivity index (χ1) is 31.3. The topological polar surface area (TPSA) is 99.1 Å². The summed E-state index contributed by atoms with van der Waals surface area (Å²) in [7, 11) is 0. The average molecular weight is 869 g/mol. The molecule has 3 atom stereocenters. The van der Waals surface area contributed by atoms with Gasteiger partial charge in [0.05, 0.1) is 18.3 Å². The number of benzene rings is 4. The van der Waals surface area contributed by atoms with E-state index in [1.807, 2.05) is 19.1 Å². The summed E-state index contributed by atoms with van der Waals surface area (Å²) in [5.74, 6) is 4.09. The van der Waals surface area contributed by atoms with Crippen LogP contribution in [0.25, 0.3) is 5.00 Å². The molecule has 0 amide bonds. The summed E-state index contributed by atoms with van der Waals surface area (Å²) in [5.41, 5.74) is 12.5. The van der Waals surface area contributed by atoms with E-state index in [4.69, 9.17) is 9.41 Å². The van der Waals surface area contributed by atoms with Gasteiger partial charge in [-0.25, -0.2) is 4.98 Å². The van der Waals surface area contributed by atoms with Gasteiger partial charge in [-0.2, -0.15) is 0 Å². The number of anilines is 2. The Hall–Kier alpha value is -6.04. The number of piperidine rings is 1. The highest BCUT2D eigenvalue weighted by molar-refractivity contribution is 7.15. The van der Waals surface area contributed by atoms with Crippen molar-refractivity contribution in [2.24, 2.45) is 10.9 Å². The minimum Gasteiger partial charge on any atom is -0.508 e. The molecule has 2 saturated heterocycles. The Morgan fingerprint density at radius 2 is 1.50 bits per heavy atom. The largest absolute Gasteiger partial charge is 0.508 e. The minimum absolute atomic E-state index is 0.271. The van der Waals surface area contributed by atoms with Crippen LogP contribution < -0.4 is 9.80 Å². The summed E-state index contributed by atoms with van der Waals surface area (Å²) in [6.07, 6.45) is 8.31. The van der Waals surface area contributed by atoms with E-state index >= 15 is 0 Å². The standard InChI is InChI=1S/C53H56N8O2S/c1-34-35(2)64-53-49(34)51(55-47(32-48-54-23-30-63-48)52-57-56-36(3)61(52)53)40-11-16-42(17-12-40)59-24-21-37(22-25-59)33-58-26-28-60(29-27-58)43-14-9-39(10-15-43)50-45(38-7-5-4-6-8-38)19-13-41-31-44(62)18-20-46(41)50/h4-12,14-18,20,23,30-31,37,45,47,50,62H,13,19,21-22,24-29,32-33H2,1-3H3/t45-,47+,50+/m0/s1. The van der Waals surface area contributed by atoms with Crippen molar-refractivity contribution in [1.82, 2.24) is 24.6 Å². The predicted octanol–water partition coefficient (Wildman–Crippen LogP) is 9.98. The second-order valence-electron chi connectivity index (χ2n) is 18.3. The molecular weight excluding hydrogens is 813 g/mol. The Morgan fingerprint density at radius 1 is 0.766 bits per heavy atom. The molecule has 0 unspecified atom stereocenters. The number of rotatable bonds is 9. The highest BCUT2D eigenvalue weighted by atomic mass is 32.1. The zero-order chi connectivity index (χ0) is 43.3. The number of piperazine rings is 1. The number of phenols is 1. The van der Waals surface area contributed by atoms with Gasteiger partial charge in [0.2, 0.25) is 0 Å². The molecule has 3 aromatic heterocycles. The van der Waals surface area contributed by atoms with Crippen LogP contribution in [0.5, 0.6) is 5.75 Å². The zero-order valence-corrected chi connectivity index (χ0v) is 37.8. The van der Waals surface area contributed by atoms with Crippen LogP contribution in [0.1, 0.15) is 98.5 Å². The van der Waals surface area contributed by atoms with E-state index < -0.39 is 0 Å². The Kier molecular flexibility index (Phi) is 10.9. The molecule has 11 rings (SSSR count). The molecule has 64 heavy (non-hydrogen) atoms. The minimum atomic E-state index is -0.278. The second kappa shape index (κ2) is 17.2. The fourth-order valence-electron chi connectivity index (χ4n) is 11.0. The molecule has 0 radical (unpaired) electrons. The van der Waals surface area contributed by atoms with Gasteiger partial charge in [-0.3, -0.25) is 14.5 Å². The smallest absolute Gasteiger partial charge is 0.196 e. The van der Waals surface area contributed by atoms with Gasteiger partial charge in [-0.15, -0.1) is 21.5 Å². The van der Waals surface area contributed by atoms with Gasteiger partial charge in [0.1, 0.15) is 28.9 Å². The summed E-state index contributed by atoms with van der Waals surface area (Å²) in [6, 6.07) is 35.2. The van der Waals surface area contributed by atoms with Gasteiger partial charge in [0.25, 0.3) is 0 Å². The molecule has 0 spiro atoms. The average Bonchev–Trinajstić information content (AvgIpc) is 4.04. The Bertz CT molecular complexity index is 2760. The maximum absolute atomic E-state index is 10.3. The number of hydrogen-bond acceptors (Lipinski definition) is 10. The van der Waals surface area contributed by atoms with E-state index in [1.54, 1.807) is 23.8 Å². The molecule has 4 aliphatic rings. The van der Waals surface area contributed by atoms with E-state index in [2.05, 4.69) is 133 Å². The normalized spacial score (nSPS) is 20.4. The molecule has 11 heteroatoms. The number of nitrogens with zero attached hydrogens (tertiary/aromatic N) is 8. The van der Waals surface area contributed by atoms with Crippen LogP contribution in [-0.4, -0.2) is 81.3 Å². The summed E-state index contributed by atoms with van der Waals surface area (Å²) in [6.45, 7) is 14.1. The van der Waals surface area contributed by atoms with E-state index in [-0.39, 0.29) is 12.0 Å². The molecule has 7 aromatic rings. The molecule has 1 aliphatic carbocycles. The maximum atomic E-state index is 10.3. The number of aryl methyl sites for hydroxylation is 3. The van der Waals surface area contributed by atoms with Crippen molar-refractivity contribution < 1.29 is 9.52 Å². The van der Waals surface area contributed by atoms with Crippen LogP contribution in [0.2, 0.25) is 0 Å². The number of aliphatic imine (C=N–C) groups is 1. The summed E-state index contributed by atoms with van der Waals surface area (Å²) in [5, 5.41) is 20.5. The fourth-order valence-corrected chi connectivity index (χ4v) is 12.2. The van der Waals surface area contributed by atoms with E-state index in [0.29, 0.717) is 29.9 Å². The summed E-state index contributed by atoms with van der Waals surface area (Å²) >= 11 is 1.78. The monoisotopic (exact) mass is 868 g/mol. The third-order valence-corrected chi connectivity index (χ3v) is 15.7. The van der Waals surface area contributed by atoms with Crippen molar-refractivity contribution in [3.05, 3.63) is 171 Å². The van der Waals surface area contributed by atoms with Gasteiger partial charge in [-0.1, -0.05) is 60.7 Å². The van der Waals surface area contributed by atoms with Crippen LogP contribution in [0.15, 0.2) is 119 Å². The first-order valence-electron chi connectivity index (χ1n) is 23.1. The van der Waals surface area contributed by atoms with Crippen molar-refractivity contribution in [3.8, 4) is 10.8 Å². The first kappa shape index (κ1) is 40.7. The molecule has 4 aromatic carbocycles. The van der Waals surface area contributed by atoms with Crippen molar-refractivity contribution >= 4 is 28.4 Å². The van der Waals surface area contributed by atoms with Crippen molar-refractivity contribution in [2.75, 3.05) is 55.6 Å². The van der Waals surface area contributed by atoms with Crippen LogP contribution in [0.3, 0.4) is 0 Å². The number of oxazole rings is 1. The van der Waals surface area contributed by atoms with Gasteiger partial charge in [0, 0.05) is 79.1 Å². The molecule has 0 bridgehead atoms. The van der Waals surface area contributed by atoms with Gasteiger partial charge in [0.15, 0.2) is 11.7 Å². The molecular formula is C53H56N8O2S. The molecule has 0 saturated carbocycles. The number of aromatic hydroxyl groups is 1. The molecule has 1 N–H and O–H groups in total. The van der Waals surface area contributed by atoms with E-state index in [1.165, 1.54) is 63.5 Å². The lowest BCUT2D eigenvalue weighted by Crippen LogP contribution is -2.49. The van der Waals surface area contributed by atoms with E-state index in [0.717, 1.165) is 85.6 Å². The summed E-state index contributed by atoms with van der Waals surface area (Å²) < 4.78 is 7.88. The Balaban J connectivity index is 0.717. The van der Waals surface area contributed by atoms with Crippen molar-refractivity contribution in [2.45, 2.75) is 70.8 Å². The van der Waals surface area contributed by atoms with Crippen molar-refractivity contribution in [3.63, 3.8) is 0 Å². The quantitative estimate of drug-likeness (QED) is 0.153. The lowest BCUT2D eigenvalue weighted by Gasteiger charge is -2.40. The maximum Gasteiger partial charge on any atom is 0.196 e. The lowest BCUT2D eigenvalue weighted by molar-refractivity contribution is 0.201. The molecule has 6 heterocycles. The number of thiophene rings is 1. The third kappa shape index (κ3) is 7.72. The van der Waals surface area contributed by atoms with Gasteiger partial charge in [-0.05, 0) is 123 Å². The molecule has 3 aliphatic heterocycles.